The highest BCUT2D eigenvalue weighted by Gasteiger charge is 2.49. The summed E-state index contributed by atoms with van der Waals surface area (Å²) in [5.74, 6) is -1.05. The highest BCUT2D eigenvalue weighted by atomic mass is 17.2. The van der Waals surface area contributed by atoms with Crippen molar-refractivity contribution in [2.24, 2.45) is 0 Å². The molecule has 0 aromatic heterocycles. The van der Waals surface area contributed by atoms with Crippen molar-refractivity contribution in [3.8, 4) is 11.5 Å². The molecule has 0 saturated carbocycles. The third kappa shape index (κ3) is 4.15. The summed E-state index contributed by atoms with van der Waals surface area (Å²) in [5, 5.41) is 11.6. The minimum absolute atomic E-state index is 0.163. The van der Waals surface area contributed by atoms with Crippen LogP contribution in [0, 0.1) is 0 Å². The van der Waals surface area contributed by atoms with Gasteiger partial charge in [-0.15, -0.1) is 0 Å². The van der Waals surface area contributed by atoms with Crippen LogP contribution < -0.4 is 9.47 Å². The van der Waals surface area contributed by atoms with E-state index >= 15 is 0 Å². The van der Waals surface area contributed by atoms with Gasteiger partial charge in [-0.25, -0.2) is 4.79 Å². The molecule has 2 aliphatic heterocycles. The van der Waals surface area contributed by atoms with E-state index < -0.39 is 11.8 Å². The van der Waals surface area contributed by atoms with Gasteiger partial charge in [0.2, 0.25) is 0 Å². The molecule has 0 spiro atoms. The highest BCUT2D eigenvalue weighted by molar-refractivity contribution is 5.97. The first kappa shape index (κ1) is 21.0. The van der Waals surface area contributed by atoms with Crippen molar-refractivity contribution in [3.05, 3.63) is 82.6 Å². The number of ether oxygens (including phenoxy) is 3. The molecule has 162 valence electrons. The Morgan fingerprint density at radius 3 is 2.61 bits per heavy atom. The number of aliphatic hydroxyl groups is 1. The average Bonchev–Trinajstić information content (AvgIpc) is 3.39. The summed E-state index contributed by atoms with van der Waals surface area (Å²) < 4.78 is 16.4. The maximum atomic E-state index is 12.8. The molecule has 31 heavy (non-hydrogen) atoms. The topological polar surface area (TPSA) is 83.5 Å². The first-order valence-electron chi connectivity index (χ1n) is 10.1. The van der Waals surface area contributed by atoms with Crippen LogP contribution in [0.5, 0.6) is 11.5 Å². The minimum Gasteiger partial charge on any atom is -0.497 e. The van der Waals surface area contributed by atoms with Gasteiger partial charge in [0.25, 0.3) is 5.79 Å². The molecule has 0 fully saturated rings. The highest BCUT2D eigenvalue weighted by Crippen LogP contribution is 2.44. The number of hydrogen-bond acceptors (Lipinski definition) is 7. The van der Waals surface area contributed by atoms with E-state index in [0.717, 1.165) is 17.7 Å². The van der Waals surface area contributed by atoms with E-state index in [1.807, 2.05) is 31.2 Å². The summed E-state index contributed by atoms with van der Waals surface area (Å²) in [7, 11) is 1.56. The van der Waals surface area contributed by atoms with Gasteiger partial charge >= 0.3 is 5.97 Å². The maximum Gasteiger partial charge on any atom is 0.345 e. The van der Waals surface area contributed by atoms with Crippen LogP contribution in [0.2, 0.25) is 0 Å². The van der Waals surface area contributed by atoms with Crippen LogP contribution in [0.1, 0.15) is 24.5 Å². The molecule has 1 N–H and O–H groups in total. The molecule has 1 unspecified atom stereocenters. The van der Waals surface area contributed by atoms with Crippen molar-refractivity contribution in [2.75, 3.05) is 20.3 Å². The normalized spacial score (nSPS) is 20.4. The number of cyclic esters (lactones) is 1. The van der Waals surface area contributed by atoms with Crippen molar-refractivity contribution in [1.82, 2.24) is 0 Å². The molecule has 0 aliphatic carbocycles. The Morgan fingerprint density at radius 1 is 1.13 bits per heavy atom. The maximum absolute atomic E-state index is 12.8. The predicted molar refractivity (Wildman–Crippen MR) is 111 cm³/mol. The molecule has 1 atom stereocenters. The van der Waals surface area contributed by atoms with E-state index in [0.29, 0.717) is 23.5 Å². The van der Waals surface area contributed by atoms with Gasteiger partial charge in [-0.1, -0.05) is 19.1 Å². The van der Waals surface area contributed by atoms with Crippen molar-refractivity contribution >= 4 is 5.97 Å². The second-order valence-electron chi connectivity index (χ2n) is 7.22. The van der Waals surface area contributed by atoms with E-state index in [1.165, 1.54) is 0 Å². The zero-order valence-electron chi connectivity index (χ0n) is 17.4. The van der Waals surface area contributed by atoms with Gasteiger partial charge in [-0.3, -0.25) is 0 Å². The number of carbonyl (C=O) groups is 1. The number of hydrogen-bond donors (Lipinski definition) is 1. The molecule has 0 amide bonds. The molecular formula is C24H24O7. The minimum atomic E-state index is -1.95. The van der Waals surface area contributed by atoms with E-state index in [-0.39, 0.29) is 24.4 Å². The largest absolute Gasteiger partial charge is 0.497 e. The third-order valence-electron chi connectivity index (χ3n) is 5.12. The van der Waals surface area contributed by atoms with Gasteiger partial charge in [0.05, 0.1) is 13.7 Å². The first-order valence-corrected chi connectivity index (χ1v) is 10.1. The quantitative estimate of drug-likeness (QED) is 0.512. The Bertz CT molecular complexity index is 1020. The number of carbonyl (C=O) groups excluding carboxylic acids is 1. The molecule has 0 bridgehead atoms. The number of benzene rings is 2. The Hall–Kier alpha value is -3.29. The van der Waals surface area contributed by atoms with Gasteiger partial charge in [0.15, 0.2) is 5.76 Å². The van der Waals surface area contributed by atoms with Crippen molar-refractivity contribution in [2.45, 2.75) is 25.6 Å². The molecule has 2 aliphatic rings. The van der Waals surface area contributed by atoms with Gasteiger partial charge < -0.3 is 24.2 Å². The molecule has 7 nitrogen and oxygen atoms in total. The van der Waals surface area contributed by atoms with Crippen LogP contribution in [-0.4, -0.2) is 31.4 Å². The Balaban J connectivity index is 1.76. The standard InChI is InChI=1S/C24H24O7/c1-3-12-28-19-6-4-5-16(14-19)15-20-22(21-11-13-29-31-21)23(25)30-24(20,26)17-7-9-18(27-2)10-8-17/h4-11,14,26H,3,12-13,15H2,1-2H3. The molecule has 0 saturated heterocycles. The van der Waals surface area contributed by atoms with Crippen molar-refractivity contribution < 1.29 is 33.9 Å². The van der Waals surface area contributed by atoms with E-state index in [1.54, 1.807) is 37.5 Å². The van der Waals surface area contributed by atoms with Crippen LogP contribution in [0.3, 0.4) is 0 Å². The second kappa shape index (κ2) is 8.83. The fourth-order valence-corrected chi connectivity index (χ4v) is 3.60. The lowest BCUT2D eigenvalue weighted by atomic mass is 9.89. The van der Waals surface area contributed by atoms with Crippen molar-refractivity contribution in [1.29, 1.82) is 0 Å². The van der Waals surface area contributed by atoms with Crippen LogP contribution in [-0.2, 0) is 31.5 Å². The first-order chi connectivity index (χ1) is 15.0. The zero-order valence-corrected chi connectivity index (χ0v) is 17.4. The van der Waals surface area contributed by atoms with Crippen LogP contribution in [0.4, 0.5) is 0 Å². The number of methoxy groups -OCH3 is 1. The van der Waals surface area contributed by atoms with Gasteiger partial charge in [-0.2, -0.15) is 4.89 Å². The van der Waals surface area contributed by atoms with Crippen molar-refractivity contribution in [3.63, 3.8) is 0 Å². The van der Waals surface area contributed by atoms with Crippen LogP contribution in [0.25, 0.3) is 0 Å². The van der Waals surface area contributed by atoms with Gasteiger partial charge in [0.1, 0.15) is 23.7 Å². The second-order valence-corrected chi connectivity index (χ2v) is 7.22. The molecule has 7 heteroatoms. The van der Waals surface area contributed by atoms with E-state index in [4.69, 9.17) is 24.0 Å². The number of rotatable bonds is 8. The fraction of sp³-hybridized carbons (Fsp3) is 0.292. The SMILES string of the molecule is CCCOc1cccc(CC2=C(C3=CCOO3)C(=O)OC2(O)c2ccc(OC)cc2)c1. The molecule has 2 aromatic rings. The summed E-state index contributed by atoms with van der Waals surface area (Å²) in [6.07, 6.45) is 2.77. The summed E-state index contributed by atoms with van der Waals surface area (Å²) in [5.41, 5.74) is 1.79. The lowest BCUT2D eigenvalue weighted by Gasteiger charge is -2.26. The lowest BCUT2D eigenvalue weighted by Crippen LogP contribution is -2.29. The van der Waals surface area contributed by atoms with Gasteiger partial charge in [0, 0.05) is 17.6 Å². The summed E-state index contributed by atoms with van der Waals surface area (Å²) in [6, 6.07) is 14.3. The molecule has 0 radical (unpaired) electrons. The van der Waals surface area contributed by atoms with E-state index in [2.05, 4.69) is 0 Å². The van der Waals surface area contributed by atoms with Crippen LogP contribution >= 0.6 is 0 Å². The Kier molecular flexibility index (Phi) is 5.97. The summed E-state index contributed by atoms with van der Waals surface area (Å²) in [4.78, 5) is 22.9. The van der Waals surface area contributed by atoms with Crippen LogP contribution in [0.15, 0.2) is 71.5 Å². The molecule has 4 rings (SSSR count). The summed E-state index contributed by atoms with van der Waals surface area (Å²) >= 11 is 0. The average molecular weight is 424 g/mol. The smallest absolute Gasteiger partial charge is 0.345 e. The fourth-order valence-electron chi connectivity index (χ4n) is 3.60. The lowest BCUT2D eigenvalue weighted by molar-refractivity contribution is -0.231. The molecule has 2 heterocycles. The van der Waals surface area contributed by atoms with Gasteiger partial charge in [-0.05, 0) is 54.5 Å². The number of esters is 1. The van der Waals surface area contributed by atoms with E-state index in [9.17, 15) is 9.90 Å². The summed E-state index contributed by atoms with van der Waals surface area (Å²) in [6.45, 7) is 2.85. The third-order valence-corrected chi connectivity index (χ3v) is 5.12. The zero-order chi connectivity index (χ0) is 21.8. The Labute approximate surface area is 180 Å². The monoisotopic (exact) mass is 424 g/mol. The predicted octanol–water partition coefficient (Wildman–Crippen LogP) is 3.57. The molecular weight excluding hydrogens is 400 g/mol. The molecule has 2 aromatic carbocycles. The Morgan fingerprint density at radius 2 is 1.94 bits per heavy atom.